The normalized spacial score (nSPS) is 10.9. The van der Waals surface area contributed by atoms with E-state index in [0.29, 0.717) is 17.3 Å². The lowest BCUT2D eigenvalue weighted by Gasteiger charge is -2.09. The van der Waals surface area contributed by atoms with E-state index in [9.17, 15) is 9.18 Å². The second kappa shape index (κ2) is 7.50. The highest BCUT2D eigenvalue weighted by Gasteiger charge is 2.17. The van der Waals surface area contributed by atoms with Crippen LogP contribution in [0.15, 0.2) is 64.6 Å². The van der Waals surface area contributed by atoms with Gasteiger partial charge < -0.3 is 10.1 Å². The number of aromatic nitrogens is 2. The second-order valence-corrected chi connectivity index (χ2v) is 7.45. The van der Waals surface area contributed by atoms with Gasteiger partial charge in [0, 0.05) is 21.6 Å². The van der Waals surface area contributed by atoms with Gasteiger partial charge in [-0.15, -0.1) is 11.3 Å². The third-order valence-corrected chi connectivity index (χ3v) is 5.05. The summed E-state index contributed by atoms with van der Waals surface area (Å²) < 4.78 is 21.4. The standard InChI is InChI=1S/C19H13BrFN3O2S/c20-13-2-1-3-15(10-13)26-11-16(25)22-18-17(12-4-6-14(21)7-5-12)23-19-24(18)8-9-27-19/h1-10H,11H2,(H,22,25). The van der Waals surface area contributed by atoms with Crippen molar-refractivity contribution < 1.29 is 13.9 Å². The van der Waals surface area contributed by atoms with Crippen LogP contribution in [0.25, 0.3) is 16.2 Å². The Hall–Kier alpha value is -2.71. The number of hydrogen-bond acceptors (Lipinski definition) is 4. The zero-order chi connectivity index (χ0) is 18.8. The first kappa shape index (κ1) is 17.7. The molecule has 0 aliphatic rings. The number of halogens is 2. The molecule has 0 saturated heterocycles. The second-order valence-electron chi connectivity index (χ2n) is 5.67. The van der Waals surface area contributed by atoms with Gasteiger partial charge in [0.05, 0.1) is 0 Å². The van der Waals surface area contributed by atoms with E-state index < -0.39 is 0 Å². The Bertz CT molecular complexity index is 1110. The molecule has 0 atom stereocenters. The minimum absolute atomic E-state index is 0.142. The molecular formula is C19H13BrFN3O2S. The van der Waals surface area contributed by atoms with E-state index in [2.05, 4.69) is 26.2 Å². The van der Waals surface area contributed by atoms with Crippen LogP contribution in [0.2, 0.25) is 0 Å². The molecule has 5 nitrogen and oxygen atoms in total. The fourth-order valence-electron chi connectivity index (χ4n) is 2.59. The first-order valence-electron chi connectivity index (χ1n) is 8.00. The van der Waals surface area contributed by atoms with Crippen LogP contribution in [0, 0.1) is 5.82 Å². The predicted octanol–water partition coefficient (Wildman–Crippen LogP) is 4.98. The molecule has 0 aliphatic heterocycles. The fourth-order valence-corrected chi connectivity index (χ4v) is 3.68. The molecule has 2 heterocycles. The fraction of sp³-hybridized carbons (Fsp3) is 0.0526. The Morgan fingerprint density at radius 2 is 2.07 bits per heavy atom. The van der Waals surface area contributed by atoms with Gasteiger partial charge in [0.2, 0.25) is 0 Å². The molecule has 1 amide bonds. The summed E-state index contributed by atoms with van der Waals surface area (Å²) in [5.74, 6) is 0.479. The lowest BCUT2D eigenvalue weighted by molar-refractivity contribution is -0.118. The monoisotopic (exact) mass is 445 g/mol. The number of nitrogens with one attached hydrogen (secondary N) is 1. The van der Waals surface area contributed by atoms with Crippen LogP contribution >= 0.6 is 27.3 Å². The van der Waals surface area contributed by atoms with Gasteiger partial charge in [0.1, 0.15) is 23.1 Å². The lowest BCUT2D eigenvalue weighted by atomic mass is 10.1. The number of carbonyl (C=O) groups excluding carboxylic acids is 1. The zero-order valence-corrected chi connectivity index (χ0v) is 16.3. The van der Waals surface area contributed by atoms with Gasteiger partial charge in [-0.2, -0.15) is 0 Å². The van der Waals surface area contributed by atoms with Gasteiger partial charge in [-0.05, 0) is 42.5 Å². The van der Waals surface area contributed by atoms with Crippen LogP contribution in [0.5, 0.6) is 5.75 Å². The van der Waals surface area contributed by atoms with Gasteiger partial charge in [0.25, 0.3) is 5.91 Å². The summed E-state index contributed by atoms with van der Waals surface area (Å²) in [6, 6.07) is 13.3. The molecule has 0 aliphatic carbocycles. The number of amides is 1. The average Bonchev–Trinajstić information content (AvgIpc) is 3.24. The first-order chi connectivity index (χ1) is 13.1. The summed E-state index contributed by atoms with van der Waals surface area (Å²) >= 11 is 4.81. The van der Waals surface area contributed by atoms with Crippen LogP contribution in [-0.4, -0.2) is 21.9 Å². The Morgan fingerprint density at radius 3 is 2.85 bits per heavy atom. The third kappa shape index (κ3) is 3.86. The molecule has 0 fully saturated rings. The van der Waals surface area contributed by atoms with Crippen molar-refractivity contribution in [3.63, 3.8) is 0 Å². The summed E-state index contributed by atoms with van der Waals surface area (Å²) in [5.41, 5.74) is 1.30. The molecule has 0 unspecified atom stereocenters. The number of hydrogen-bond donors (Lipinski definition) is 1. The van der Waals surface area contributed by atoms with E-state index in [4.69, 9.17) is 4.74 Å². The van der Waals surface area contributed by atoms with Crippen molar-refractivity contribution in [2.75, 3.05) is 11.9 Å². The Kier molecular flexibility index (Phi) is 4.91. The summed E-state index contributed by atoms with van der Waals surface area (Å²) in [6.07, 6.45) is 1.82. The molecule has 2 aromatic carbocycles. The van der Waals surface area contributed by atoms with E-state index in [1.165, 1.54) is 23.5 Å². The number of imidazole rings is 1. The number of anilines is 1. The van der Waals surface area contributed by atoms with Gasteiger partial charge in [0.15, 0.2) is 11.6 Å². The summed E-state index contributed by atoms with van der Waals surface area (Å²) in [7, 11) is 0. The number of benzene rings is 2. The Balaban J connectivity index is 1.57. The summed E-state index contributed by atoms with van der Waals surface area (Å²) in [6.45, 7) is -0.142. The van der Waals surface area contributed by atoms with Crippen molar-refractivity contribution in [2.45, 2.75) is 0 Å². The molecule has 8 heteroatoms. The molecule has 27 heavy (non-hydrogen) atoms. The molecule has 136 valence electrons. The predicted molar refractivity (Wildman–Crippen MR) is 107 cm³/mol. The number of rotatable bonds is 5. The van der Waals surface area contributed by atoms with Crippen molar-refractivity contribution >= 4 is 44.0 Å². The minimum Gasteiger partial charge on any atom is -0.484 e. The van der Waals surface area contributed by atoms with Crippen molar-refractivity contribution in [2.24, 2.45) is 0 Å². The van der Waals surface area contributed by atoms with Crippen LogP contribution in [0.3, 0.4) is 0 Å². The smallest absolute Gasteiger partial charge is 0.263 e. The van der Waals surface area contributed by atoms with Crippen molar-refractivity contribution in [3.05, 3.63) is 70.4 Å². The number of nitrogens with zero attached hydrogens (tertiary/aromatic N) is 2. The highest BCUT2D eigenvalue weighted by Crippen LogP contribution is 2.30. The van der Waals surface area contributed by atoms with E-state index >= 15 is 0 Å². The highest BCUT2D eigenvalue weighted by atomic mass is 79.9. The third-order valence-electron chi connectivity index (χ3n) is 3.80. The average molecular weight is 446 g/mol. The largest absolute Gasteiger partial charge is 0.484 e. The Labute approximate surface area is 166 Å². The molecule has 2 aromatic heterocycles. The molecule has 0 saturated carbocycles. The number of thiazole rings is 1. The summed E-state index contributed by atoms with van der Waals surface area (Å²) in [5, 5.41) is 4.73. The number of ether oxygens (including phenoxy) is 1. The van der Waals surface area contributed by atoms with Gasteiger partial charge in [-0.25, -0.2) is 9.37 Å². The van der Waals surface area contributed by atoms with Crippen molar-refractivity contribution in [1.29, 1.82) is 0 Å². The number of fused-ring (bicyclic) bond motifs is 1. The maximum absolute atomic E-state index is 13.2. The van der Waals surface area contributed by atoms with Gasteiger partial charge >= 0.3 is 0 Å². The van der Waals surface area contributed by atoms with E-state index in [0.717, 1.165) is 15.0 Å². The van der Waals surface area contributed by atoms with E-state index in [1.807, 2.05) is 23.7 Å². The quantitative estimate of drug-likeness (QED) is 0.471. The van der Waals surface area contributed by atoms with Gasteiger partial charge in [-0.3, -0.25) is 9.20 Å². The van der Waals surface area contributed by atoms with E-state index in [-0.39, 0.29) is 18.3 Å². The van der Waals surface area contributed by atoms with Crippen molar-refractivity contribution in [3.8, 4) is 17.0 Å². The van der Waals surface area contributed by atoms with Crippen molar-refractivity contribution in [1.82, 2.24) is 9.38 Å². The maximum atomic E-state index is 13.2. The van der Waals surface area contributed by atoms with Crippen LogP contribution < -0.4 is 10.1 Å². The summed E-state index contributed by atoms with van der Waals surface area (Å²) in [4.78, 5) is 17.7. The SMILES string of the molecule is O=C(COc1cccc(Br)c1)Nc1c(-c2ccc(F)cc2)nc2sccn12. The zero-order valence-electron chi connectivity index (χ0n) is 13.9. The highest BCUT2D eigenvalue weighted by molar-refractivity contribution is 9.10. The molecular weight excluding hydrogens is 433 g/mol. The topological polar surface area (TPSA) is 55.6 Å². The van der Waals surface area contributed by atoms with Crippen LogP contribution in [0.1, 0.15) is 0 Å². The van der Waals surface area contributed by atoms with Crippen LogP contribution in [0.4, 0.5) is 10.2 Å². The molecule has 4 rings (SSSR count). The van der Waals surface area contributed by atoms with Gasteiger partial charge in [-0.1, -0.05) is 22.0 Å². The van der Waals surface area contributed by atoms with E-state index in [1.54, 1.807) is 28.7 Å². The van der Waals surface area contributed by atoms with Crippen LogP contribution in [-0.2, 0) is 4.79 Å². The lowest BCUT2D eigenvalue weighted by Crippen LogP contribution is -2.21. The molecule has 4 aromatic rings. The molecule has 0 radical (unpaired) electrons. The molecule has 0 bridgehead atoms. The molecule has 1 N–H and O–H groups in total. The minimum atomic E-state index is -0.326. The Morgan fingerprint density at radius 1 is 1.26 bits per heavy atom. The maximum Gasteiger partial charge on any atom is 0.263 e. The number of carbonyl (C=O) groups is 1. The first-order valence-corrected chi connectivity index (χ1v) is 9.67. The molecule has 0 spiro atoms.